The van der Waals surface area contributed by atoms with E-state index in [1.807, 2.05) is 60.7 Å². The minimum absolute atomic E-state index is 0.0243. The van der Waals surface area contributed by atoms with Gasteiger partial charge in [0, 0.05) is 32.6 Å². The number of likely N-dealkylation sites (tertiary alicyclic amines) is 2. The van der Waals surface area contributed by atoms with Crippen LogP contribution in [0.25, 0.3) is 0 Å². The number of rotatable bonds is 6. The Hall–Kier alpha value is -3.35. The Morgan fingerprint density at radius 2 is 1.52 bits per heavy atom. The second-order valence-corrected chi connectivity index (χ2v) is 8.73. The van der Waals surface area contributed by atoms with E-state index in [-0.39, 0.29) is 24.5 Å². The molecule has 0 aromatic heterocycles. The molecule has 7 nitrogen and oxygen atoms in total. The summed E-state index contributed by atoms with van der Waals surface area (Å²) in [6, 6.07) is 19.3. The highest BCUT2D eigenvalue weighted by Crippen LogP contribution is 2.33. The molecule has 2 fully saturated rings. The van der Waals surface area contributed by atoms with Gasteiger partial charge in [0.05, 0.1) is 0 Å². The lowest BCUT2D eigenvalue weighted by atomic mass is 9.83. The number of amides is 3. The molecule has 0 aliphatic carbocycles. The van der Waals surface area contributed by atoms with Gasteiger partial charge in [-0.1, -0.05) is 60.7 Å². The number of nitrogens with one attached hydrogen (secondary N) is 1. The normalized spacial score (nSPS) is 18.0. The highest BCUT2D eigenvalue weighted by atomic mass is 16.6. The molecule has 2 saturated heterocycles. The van der Waals surface area contributed by atoms with Gasteiger partial charge in [-0.05, 0) is 36.8 Å². The maximum atomic E-state index is 13.5. The minimum atomic E-state index is -0.928. The largest absolute Gasteiger partial charge is 0.445 e. The Balaban J connectivity index is 1.42. The number of nitrogens with zero attached hydrogens (tertiary/aromatic N) is 2. The first-order valence-electron chi connectivity index (χ1n) is 11.7. The molecule has 0 bridgehead atoms. The van der Waals surface area contributed by atoms with Crippen LogP contribution in [0.3, 0.4) is 0 Å². The fourth-order valence-corrected chi connectivity index (χ4v) is 4.69. The topological polar surface area (TPSA) is 79.0 Å². The third kappa shape index (κ3) is 5.35. The molecule has 4 rings (SSSR count). The third-order valence-electron chi connectivity index (χ3n) is 6.61. The number of hydrogen-bond acceptors (Lipinski definition) is 4. The molecule has 0 saturated carbocycles. The van der Waals surface area contributed by atoms with Gasteiger partial charge in [-0.2, -0.15) is 0 Å². The summed E-state index contributed by atoms with van der Waals surface area (Å²) in [6.45, 7) is 1.94. The molecule has 7 heteroatoms. The zero-order valence-corrected chi connectivity index (χ0v) is 18.9. The summed E-state index contributed by atoms with van der Waals surface area (Å²) in [6.07, 6.45) is 2.63. The summed E-state index contributed by atoms with van der Waals surface area (Å²) in [5, 5.41) is 3.05. The lowest BCUT2D eigenvalue weighted by molar-refractivity contribution is -0.153. The summed E-state index contributed by atoms with van der Waals surface area (Å²) in [4.78, 5) is 42.3. The summed E-state index contributed by atoms with van der Waals surface area (Å²) in [5.41, 5.74) is 1.01. The van der Waals surface area contributed by atoms with E-state index < -0.39 is 5.54 Å². The van der Waals surface area contributed by atoms with Crippen LogP contribution >= 0.6 is 0 Å². The average molecular weight is 450 g/mol. The van der Waals surface area contributed by atoms with Crippen LogP contribution in [0, 0.1) is 0 Å². The van der Waals surface area contributed by atoms with E-state index in [0.29, 0.717) is 45.4 Å². The van der Waals surface area contributed by atoms with E-state index in [4.69, 9.17) is 4.74 Å². The van der Waals surface area contributed by atoms with Crippen LogP contribution < -0.4 is 5.32 Å². The Morgan fingerprint density at radius 3 is 2.15 bits per heavy atom. The maximum absolute atomic E-state index is 13.5. The van der Waals surface area contributed by atoms with Gasteiger partial charge in [0.25, 0.3) is 0 Å². The van der Waals surface area contributed by atoms with E-state index in [0.717, 1.165) is 24.0 Å². The van der Waals surface area contributed by atoms with Crippen molar-refractivity contribution in [1.29, 1.82) is 0 Å². The second-order valence-electron chi connectivity index (χ2n) is 8.73. The first kappa shape index (κ1) is 22.8. The minimum Gasteiger partial charge on any atom is -0.445 e. The monoisotopic (exact) mass is 449 g/mol. The second kappa shape index (κ2) is 10.5. The Morgan fingerprint density at radius 1 is 0.879 bits per heavy atom. The predicted octanol–water partition coefficient (Wildman–Crippen LogP) is 3.49. The van der Waals surface area contributed by atoms with Gasteiger partial charge in [0.15, 0.2) is 0 Å². The quantitative estimate of drug-likeness (QED) is 0.732. The average Bonchev–Trinajstić information content (AvgIpc) is 2.87. The lowest BCUT2D eigenvalue weighted by Gasteiger charge is -2.48. The summed E-state index contributed by atoms with van der Waals surface area (Å²) in [5.74, 6) is -0.116. The molecule has 0 radical (unpaired) electrons. The van der Waals surface area contributed by atoms with Crippen molar-refractivity contribution in [3.05, 3.63) is 71.8 Å². The summed E-state index contributed by atoms with van der Waals surface area (Å²) >= 11 is 0. The van der Waals surface area contributed by atoms with Crippen LogP contribution in [-0.2, 0) is 27.5 Å². The van der Waals surface area contributed by atoms with Gasteiger partial charge >= 0.3 is 6.09 Å². The highest BCUT2D eigenvalue weighted by Gasteiger charge is 2.49. The number of carbonyl (C=O) groups excluding carboxylic acids is 3. The molecule has 2 aliphatic heterocycles. The molecule has 2 aromatic rings. The van der Waals surface area contributed by atoms with Crippen molar-refractivity contribution < 1.29 is 19.1 Å². The smallest absolute Gasteiger partial charge is 0.410 e. The van der Waals surface area contributed by atoms with Gasteiger partial charge in [-0.3, -0.25) is 9.59 Å². The van der Waals surface area contributed by atoms with Crippen molar-refractivity contribution in [1.82, 2.24) is 15.1 Å². The van der Waals surface area contributed by atoms with Crippen molar-refractivity contribution in [2.45, 2.75) is 50.8 Å². The van der Waals surface area contributed by atoms with Crippen molar-refractivity contribution >= 4 is 17.9 Å². The number of piperidine rings is 2. The predicted molar refractivity (Wildman–Crippen MR) is 124 cm³/mol. The molecule has 0 atom stereocenters. The molecule has 1 N–H and O–H groups in total. The number of hydrogen-bond donors (Lipinski definition) is 1. The van der Waals surface area contributed by atoms with Crippen molar-refractivity contribution in [2.75, 3.05) is 19.6 Å². The molecular formula is C26H31N3O4. The number of carbonyl (C=O) groups is 3. The van der Waals surface area contributed by atoms with Gasteiger partial charge in [0.1, 0.15) is 12.1 Å². The standard InChI is InChI=1S/C26H31N3O4/c30-23-13-7-8-16-29(23)26(24(31)27-19-21-9-3-1-4-10-21)14-17-28(18-15-26)25(32)33-20-22-11-5-2-6-12-22/h1-6,9-12H,7-8,13-20H2,(H,27,31). The van der Waals surface area contributed by atoms with E-state index in [9.17, 15) is 14.4 Å². The Bertz CT molecular complexity index is 956. The fraction of sp³-hybridized carbons (Fsp3) is 0.423. The number of ether oxygens (including phenoxy) is 1. The molecule has 174 valence electrons. The molecule has 2 aliphatic rings. The molecule has 2 heterocycles. The van der Waals surface area contributed by atoms with Crippen molar-refractivity contribution in [2.24, 2.45) is 0 Å². The number of benzene rings is 2. The third-order valence-corrected chi connectivity index (χ3v) is 6.61. The molecule has 0 unspecified atom stereocenters. The van der Waals surface area contributed by atoms with E-state index in [1.54, 1.807) is 9.80 Å². The first-order chi connectivity index (χ1) is 16.1. The van der Waals surface area contributed by atoms with Crippen LogP contribution in [0.15, 0.2) is 60.7 Å². The van der Waals surface area contributed by atoms with Gasteiger partial charge in [-0.25, -0.2) is 4.79 Å². The Labute approximate surface area is 194 Å². The molecule has 33 heavy (non-hydrogen) atoms. The zero-order valence-electron chi connectivity index (χ0n) is 18.9. The van der Waals surface area contributed by atoms with Crippen molar-refractivity contribution in [3.63, 3.8) is 0 Å². The SMILES string of the molecule is O=C(OCc1ccccc1)N1CCC(C(=O)NCc2ccccc2)(N2CCCCC2=O)CC1. The maximum Gasteiger partial charge on any atom is 0.410 e. The van der Waals surface area contributed by atoms with Crippen LogP contribution in [0.2, 0.25) is 0 Å². The summed E-state index contributed by atoms with van der Waals surface area (Å²) in [7, 11) is 0. The van der Waals surface area contributed by atoms with E-state index in [1.165, 1.54) is 0 Å². The Kier molecular flexibility index (Phi) is 7.27. The fourth-order valence-electron chi connectivity index (χ4n) is 4.69. The van der Waals surface area contributed by atoms with Gasteiger partial charge in [-0.15, -0.1) is 0 Å². The van der Waals surface area contributed by atoms with E-state index in [2.05, 4.69) is 5.32 Å². The molecular weight excluding hydrogens is 418 g/mol. The summed E-state index contributed by atoms with van der Waals surface area (Å²) < 4.78 is 5.47. The molecule has 3 amide bonds. The van der Waals surface area contributed by atoms with Crippen LogP contribution in [0.4, 0.5) is 4.79 Å². The molecule has 0 spiro atoms. The van der Waals surface area contributed by atoms with Crippen LogP contribution in [-0.4, -0.2) is 52.9 Å². The first-order valence-corrected chi connectivity index (χ1v) is 11.7. The van der Waals surface area contributed by atoms with Crippen LogP contribution in [0.1, 0.15) is 43.2 Å². The lowest BCUT2D eigenvalue weighted by Crippen LogP contribution is -2.65. The zero-order chi connectivity index (χ0) is 23.1. The molecule has 2 aromatic carbocycles. The highest BCUT2D eigenvalue weighted by molar-refractivity contribution is 5.92. The van der Waals surface area contributed by atoms with Gasteiger partial charge < -0.3 is 19.9 Å². The van der Waals surface area contributed by atoms with Crippen molar-refractivity contribution in [3.8, 4) is 0 Å². The van der Waals surface area contributed by atoms with Gasteiger partial charge in [0.2, 0.25) is 11.8 Å². The van der Waals surface area contributed by atoms with E-state index >= 15 is 0 Å². The van der Waals surface area contributed by atoms with Crippen LogP contribution in [0.5, 0.6) is 0 Å².